The zero-order valence-corrected chi connectivity index (χ0v) is 11.1. The van der Waals surface area contributed by atoms with Crippen LogP contribution >= 0.6 is 0 Å². The Morgan fingerprint density at radius 1 is 1.44 bits per heavy atom. The van der Waals surface area contributed by atoms with Gasteiger partial charge in [-0.2, -0.15) is 0 Å². The fourth-order valence-electron chi connectivity index (χ4n) is 2.92. The lowest BCUT2D eigenvalue weighted by atomic mass is 9.78. The number of benzene rings is 1. The third kappa shape index (κ3) is 1.74. The highest BCUT2D eigenvalue weighted by molar-refractivity contribution is 5.76. The topological polar surface area (TPSA) is 38.1 Å². The van der Waals surface area contributed by atoms with E-state index in [-0.39, 0.29) is 5.41 Å². The second-order valence-corrected chi connectivity index (χ2v) is 5.35. The molecule has 1 aromatic carbocycles. The van der Waals surface area contributed by atoms with Gasteiger partial charge in [-0.15, -0.1) is 0 Å². The van der Waals surface area contributed by atoms with Crippen LogP contribution in [0.15, 0.2) is 22.6 Å². The van der Waals surface area contributed by atoms with Crippen LogP contribution in [0.3, 0.4) is 0 Å². The molecule has 18 heavy (non-hydrogen) atoms. The third-order valence-electron chi connectivity index (χ3n) is 4.22. The number of rotatable bonds is 2. The van der Waals surface area contributed by atoms with E-state index in [4.69, 9.17) is 9.40 Å². The highest BCUT2D eigenvalue weighted by Gasteiger charge is 2.37. The molecule has 1 N–H and O–H groups in total. The van der Waals surface area contributed by atoms with E-state index in [9.17, 15) is 0 Å². The van der Waals surface area contributed by atoms with Gasteiger partial charge in [-0.05, 0) is 44.4 Å². The first-order valence-electron chi connectivity index (χ1n) is 6.82. The molecule has 1 fully saturated rings. The van der Waals surface area contributed by atoms with E-state index >= 15 is 0 Å². The van der Waals surface area contributed by atoms with Gasteiger partial charge in [0.1, 0.15) is 5.52 Å². The van der Waals surface area contributed by atoms with E-state index in [2.05, 4.69) is 25.2 Å². The lowest BCUT2D eigenvalue weighted by Gasteiger charge is -2.33. The molecule has 2 heterocycles. The van der Waals surface area contributed by atoms with E-state index < -0.39 is 0 Å². The summed E-state index contributed by atoms with van der Waals surface area (Å²) in [4.78, 5) is 4.77. The summed E-state index contributed by atoms with van der Waals surface area (Å²) in [6, 6.07) is 6.13. The number of oxazole rings is 1. The first-order valence-corrected chi connectivity index (χ1v) is 6.82. The van der Waals surface area contributed by atoms with Gasteiger partial charge in [-0.1, -0.05) is 19.1 Å². The molecule has 0 bridgehead atoms. The summed E-state index contributed by atoms with van der Waals surface area (Å²) in [5.41, 5.74) is 3.22. The molecular formula is C15H20N2O. The number of nitrogens with one attached hydrogen (secondary N) is 1. The third-order valence-corrected chi connectivity index (χ3v) is 4.22. The van der Waals surface area contributed by atoms with Gasteiger partial charge >= 0.3 is 0 Å². The predicted octanol–water partition coefficient (Wildman–Crippen LogP) is 3.17. The van der Waals surface area contributed by atoms with Gasteiger partial charge in [0.05, 0.1) is 5.41 Å². The smallest absolute Gasteiger partial charge is 0.202 e. The molecule has 96 valence electrons. The van der Waals surface area contributed by atoms with Crippen molar-refractivity contribution in [1.82, 2.24) is 10.3 Å². The second kappa shape index (κ2) is 4.39. The lowest BCUT2D eigenvalue weighted by molar-refractivity contribution is 0.249. The first kappa shape index (κ1) is 11.7. The van der Waals surface area contributed by atoms with Crippen LogP contribution in [0.2, 0.25) is 0 Å². The Balaban J connectivity index is 2.09. The summed E-state index contributed by atoms with van der Waals surface area (Å²) >= 11 is 0. The zero-order chi connectivity index (χ0) is 12.6. The quantitative estimate of drug-likeness (QED) is 0.881. The Labute approximate surface area is 108 Å². The Morgan fingerprint density at radius 3 is 3.00 bits per heavy atom. The molecule has 0 saturated carbocycles. The van der Waals surface area contributed by atoms with Gasteiger partial charge < -0.3 is 9.73 Å². The maximum Gasteiger partial charge on any atom is 0.202 e. The molecule has 0 radical (unpaired) electrons. The van der Waals surface area contributed by atoms with Crippen molar-refractivity contribution in [3.8, 4) is 0 Å². The van der Waals surface area contributed by atoms with Crippen molar-refractivity contribution < 1.29 is 4.42 Å². The molecule has 1 aliphatic rings. The summed E-state index contributed by atoms with van der Waals surface area (Å²) in [6.45, 7) is 6.41. The number of hydrogen-bond acceptors (Lipinski definition) is 3. The zero-order valence-electron chi connectivity index (χ0n) is 11.1. The second-order valence-electron chi connectivity index (χ2n) is 5.35. The van der Waals surface area contributed by atoms with E-state index in [1.807, 2.05) is 12.1 Å². The molecule has 1 atom stereocenters. The minimum absolute atomic E-state index is 0.0870. The lowest BCUT2D eigenvalue weighted by Crippen LogP contribution is -2.43. The largest absolute Gasteiger partial charge is 0.440 e. The van der Waals surface area contributed by atoms with Crippen molar-refractivity contribution in [3.63, 3.8) is 0 Å². The van der Waals surface area contributed by atoms with Crippen LogP contribution in [0.4, 0.5) is 0 Å². The number of nitrogens with zero attached hydrogens (tertiary/aromatic N) is 1. The number of fused-ring (bicyclic) bond motifs is 1. The summed E-state index contributed by atoms with van der Waals surface area (Å²) < 4.78 is 6.03. The Kier molecular flexibility index (Phi) is 2.86. The number of piperidine rings is 1. The highest BCUT2D eigenvalue weighted by atomic mass is 16.3. The predicted molar refractivity (Wildman–Crippen MR) is 72.8 cm³/mol. The monoisotopic (exact) mass is 244 g/mol. The average Bonchev–Trinajstić information content (AvgIpc) is 2.85. The first-order chi connectivity index (χ1) is 8.75. The number of aryl methyl sites for hydroxylation is 1. The molecule has 1 aliphatic heterocycles. The molecule has 3 heteroatoms. The fourth-order valence-corrected chi connectivity index (χ4v) is 2.92. The Bertz CT molecular complexity index is 553. The van der Waals surface area contributed by atoms with E-state index in [1.165, 1.54) is 18.4 Å². The van der Waals surface area contributed by atoms with Gasteiger partial charge in [0, 0.05) is 6.54 Å². The maximum absolute atomic E-state index is 6.03. The minimum Gasteiger partial charge on any atom is -0.440 e. The van der Waals surface area contributed by atoms with Gasteiger partial charge in [0.15, 0.2) is 5.58 Å². The van der Waals surface area contributed by atoms with E-state index in [0.29, 0.717) is 0 Å². The van der Waals surface area contributed by atoms with Gasteiger partial charge in [0.25, 0.3) is 0 Å². The van der Waals surface area contributed by atoms with Gasteiger partial charge in [-0.25, -0.2) is 4.98 Å². The van der Waals surface area contributed by atoms with Crippen LogP contribution in [0.25, 0.3) is 11.1 Å². The molecule has 1 saturated heterocycles. The maximum atomic E-state index is 6.03. The van der Waals surface area contributed by atoms with Crippen LogP contribution < -0.4 is 5.32 Å². The molecular weight excluding hydrogens is 224 g/mol. The normalized spacial score (nSPS) is 24.6. The molecule has 1 unspecified atom stereocenters. The molecule has 3 rings (SSSR count). The van der Waals surface area contributed by atoms with Crippen LogP contribution in [-0.2, 0) is 5.41 Å². The number of hydrogen-bond donors (Lipinski definition) is 1. The summed E-state index contributed by atoms with van der Waals surface area (Å²) in [5, 5.41) is 3.48. The summed E-state index contributed by atoms with van der Waals surface area (Å²) in [5.74, 6) is 0.918. The van der Waals surface area contributed by atoms with Crippen molar-refractivity contribution in [2.75, 3.05) is 13.1 Å². The average molecular weight is 244 g/mol. The van der Waals surface area contributed by atoms with Crippen LogP contribution in [-0.4, -0.2) is 18.1 Å². The summed E-state index contributed by atoms with van der Waals surface area (Å²) in [6.07, 6.45) is 3.44. The van der Waals surface area contributed by atoms with Crippen molar-refractivity contribution in [2.24, 2.45) is 0 Å². The van der Waals surface area contributed by atoms with Gasteiger partial charge in [-0.3, -0.25) is 0 Å². The van der Waals surface area contributed by atoms with Crippen molar-refractivity contribution in [2.45, 2.75) is 38.5 Å². The van der Waals surface area contributed by atoms with E-state index in [1.54, 1.807) is 0 Å². The van der Waals surface area contributed by atoms with Gasteiger partial charge in [0.2, 0.25) is 5.89 Å². The molecule has 0 aliphatic carbocycles. The van der Waals surface area contributed by atoms with Crippen molar-refractivity contribution in [3.05, 3.63) is 29.7 Å². The number of para-hydroxylation sites is 1. The van der Waals surface area contributed by atoms with Crippen LogP contribution in [0.5, 0.6) is 0 Å². The number of aromatic nitrogens is 1. The molecule has 3 nitrogen and oxygen atoms in total. The molecule has 1 aromatic heterocycles. The van der Waals surface area contributed by atoms with E-state index in [0.717, 1.165) is 36.5 Å². The molecule has 2 aromatic rings. The fraction of sp³-hybridized carbons (Fsp3) is 0.533. The Hall–Kier alpha value is -1.35. The van der Waals surface area contributed by atoms with Crippen molar-refractivity contribution in [1.29, 1.82) is 0 Å². The van der Waals surface area contributed by atoms with Crippen LogP contribution in [0.1, 0.15) is 37.6 Å². The van der Waals surface area contributed by atoms with Crippen molar-refractivity contribution >= 4 is 11.1 Å². The minimum atomic E-state index is 0.0870. The SMILES string of the molecule is CCC1(c2nc3c(C)cccc3o2)CCCNC1. The highest BCUT2D eigenvalue weighted by Crippen LogP contribution is 2.35. The standard InChI is InChI=1S/C15H20N2O/c1-3-15(8-5-9-16-10-15)14-17-13-11(2)6-4-7-12(13)18-14/h4,6-7,16H,3,5,8-10H2,1-2H3. The molecule has 0 amide bonds. The molecule has 0 spiro atoms. The summed E-state index contributed by atoms with van der Waals surface area (Å²) in [7, 11) is 0. The van der Waals surface area contributed by atoms with Crippen LogP contribution in [0, 0.1) is 6.92 Å². The Morgan fingerprint density at radius 2 is 2.33 bits per heavy atom.